The van der Waals surface area contributed by atoms with E-state index in [-0.39, 0.29) is 29.2 Å². The lowest BCUT2D eigenvalue weighted by Gasteiger charge is -2.36. The third-order valence-electron chi connectivity index (χ3n) is 23.6. The molecule has 5 aliphatic rings. The first-order valence-corrected chi connectivity index (χ1v) is 38.4. The summed E-state index contributed by atoms with van der Waals surface area (Å²) in [5.74, 6) is 3.81. The quantitative estimate of drug-likeness (QED) is 0.136. The van der Waals surface area contributed by atoms with Gasteiger partial charge in [0, 0.05) is 70.8 Å². The molecule has 3 fully saturated rings. The summed E-state index contributed by atoms with van der Waals surface area (Å²) in [7, 11) is -0.287. The zero-order valence-corrected chi connectivity index (χ0v) is 61.7. The largest absolute Gasteiger partial charge is 0.494 e. The van der Waals surface area contributed by atoms with Crippen LogP contribution in [0.5, 0.6) is 0 Å². The molecule has 2 spiro atoms. The van der Waals surface area contributed by atoms with Gasteiger partial charge in [-0.3, -0.25) is 0 Å². The number of hydrogen-bond donors (Lipinski definition) is 0. The Morgan fingerprint density at radius 3 is 1.02 bits per heavy atom. The number of nitrogens with zero attached hydrogens (tertiary/aromatic N) is 6. The molecule has 0 N–H and O–H groups in total. The van der Waals surface area contributed by atoms with Crippen molar-refractivity contribution < 1.29 is 18.1 Å². The van der Waals surface area contributed by atoms with E-state index < -0.39 is 0 Å². The molecule has 526 valence electrons. The highest BCUT2D eigenvalue weighted by Gasteiger charge is 2.53. The maximum absolute atomic E-state index is 6.37. The van der Waals surface area contributed by atoms with Crippen LogP contribution in [0.2, 0.25) is 5.02 Å². The summed E-state index contributed by atoms with van der Waals surface area (Å²) in [4.78, 5) is 29.2. The van der Waals surface area contributed by atoms with Gasteiger partial charge in [0.1, 0.15) is 22.3 Å². The van der Waals surface area contributed by atoms with Crippen LogP contribution in [0, 0.1) is 0 Å². The van der Waals surface area contributed by atoms with Gasteiger partial charge in [0.25, 0.3) is 0 Å². The molecule has 0 unspecified atom stereocenters. The van der Waals surface area contributed by atoms with Crippen LogP contribution in [-0.4, -0.2) is 48.2 Å². The molecule has 0 bridgehead atoms. The molecule has 1 aliphatic heterocycles. The highest BCUT2D eigenvalue weighted by Crippen LogP contribution is 2.58. The summed E-state index contributed by atoms with van der Waals surface area (Å²) in [6.45, 7) is 8.50. The fourth-order valence-electron chi connectivity index (χ4n) is 17.5. The van der Waals surface area contributed by atoms with Gasteiger partial charge in [0.15, 0.2) is 34.9 Å². The lowest BCUT2D eigenvalue weighted by molar-refractivity contribution is 0.00578. The lowest BCUT2D eigenvalue weighted by Crippen LogP contribution is -2.41. The van der Waals surface area contributed by atoms with Gasteiger partial charge in [-0.2, -0.15) is 0 Å². The molecule has 10 nitrogen and oxygen atoms in total. The highest BCUT2D eigenvalue weighted by atomic mass is 35.5. The molecule has 108 heavy (non-hydrogen) atoms. The molecule has 5 heterocycles. The minimum Gasteiger partial charge on any atom is -0.456 e. The van der Waals surface area contributed by atoms with E-state index in [4.69, 9.17) is 59.6 Å². The summed E-state index contributed by atoms with van der Waals surface area (Å²) in [5, 5.41) is 4.75. The van der Waals surface area contributed by atoms with Crippen molar-refractivity contribution in [2.45, 2.75) is 114 Å². The van der Waals surface area contributed by atoms with Crippen molar-refractivity contribution in [1.82, 2.24) is 29.9 Å². The van der Waals surface area contributed by atoms with E-state index in [1.807, 2.05) is 164 Å². The van der Waals surface area contributed by atoms with E-state index >= 15 is 0 Å². The fraction of sp³-hybridized carbons (Fsp3) is 0.188. The van der Waals surface area contributed by atoms with Crippen molar-refractivity contribution in [2.75, 3.05) is 0 Å². The van der Waals surface area contributed by atoms with Crippen molar-refractivity contribution in [3.63, 3.8) is 0 Å². The molecule has 21 rings (SSSR count). The second kappa shape index (κ2) is 27.1. The summed E-state index contributed by atoms with van der Waals surface area (Å²) >= 11 is 6.24. The second-order valence-electron chi connectivity index (χ2n) is 30.6. The summed E-state index contributed by atoms with van der Waals surface area (Å²) < 4.78 is 25.0. The number of furan rings is 2. The Morgan fingerprint density at radius 1 is 0.278 bits per heavy atom. The number of fused-ring (bicyclic) bond motifs is 16. The maximum atomic E-state index is 6.37. The van der Waals surface area contributed by atoms with Gasteiger partial charge in [-0.05, 0) is 187 Å². The van der Waals surface area contributed by atoms with Crippen LogP contribution in [0.3, 0.4) is 0 Å². The number of benzene rings is 12. The zero-order chi connectivity index (χ0) is 72.7. The Balaban J connectivity index is 0.000000117. The zero-order valence-electron chi connectivity index (χ0n) is 60.9. The Bertz CT molecular complexity index is 6000. The minimum atomic E-state index is -0.303. The third-order valence-corrected chi connectivity index (χ3v) is 23.9. The van der Waals surface area contributed by atoms with Gasteiger partial charge in [-0.15, -0.1) is 0 Å². The van der Waals surface area contributed by atoms with Gasteiger partial charge >= 0.3 is 7.12 Å². The van der Waals surface area contributed by atoms with Crippen LogP contribution in [0.25, 0.3) is 146 Å². The number of aromatic nitrogens is 6. The lowest BCUT2D eigenvalue weighted by atomic mass is 9.66. The van der Waals surface area contributed by atoms with Gasteiger partial charge in [-0.1, -0.05) is 256 Å². The van der Waals surface area contributed by atoms with Crippen LogP contribution in [0.1, 0.15) is 114 Å². The smallest absolute Gasteiger partial charge is 0.456 e. The first kappa shape index (κ1) is 67.2. The van der Waals surface area contributed by atoms with Crippen LogP contribution >= 0.6 is 11.6 Å². The molecule has 4 aromatic heterocycles. The van der Waals surface area contributed by atoms with Crippen LogP contribution in [0.4, 0.5) is 0 Å². The van der Waals surface area contributed by atoms with Crippen molar-refractivity contribution in [3.05, 3.63) is 306 Å². The van der Waals surface area contributed by atoms with E-state index in [0.29, 0.717) is 40.0 Å². The van der Waals surface area contributed by atoms with Gasteiger partial charge in [-0.25, -0.2) is 29.9 Å². The van der Waals surface area contributed by atoms with Crippen LogP contribution in [0.15, 0.2) is 288 Å². The van der Waals surface area contributed by atoms with Gasteiger partial charge < -0.3 is 18.1 Å². The van der Waals surface area contributed by atoms with Gasteiger partial charge in [0.2, 0.25) is 0 Å². The van der Waals surface area contributed by atoms with Crippen LogP contribution in [-0.2, 0) is 20.1 Å². The summed E-state index contributed by atoms with van der Waals surface area (Å²) in [6.07, 6.45) is 12.8. The Hall–Kier alpha value is -11.5. The molecule has 12 heteroatoms. The molecule has 16 aromatic rings. The minimum absolute atomic E-state index is 0.128. The number of halogens is 1. The average Bonchev–Trinajstić information content (AvgIpc) is 1.56. The standard InChI is InChI=1S/C45H33N3O.C27H16ClN3O.C24H29BO2/c1-4-12-29(13-5-1)42-46-43(30-14-6-2-7-15-30)48-44(47-42)33-20-23-41-37(27-33)36-26-31(19-22-40(36)49-41)32-18-21-35-34-16-8-9-17-38(34)45(39(35)28-32)24-10-3-11-25-45;28-20-12-14-24-22(16-20)21-15-19(11-13-23(21)32-24)27-30-25(17-7-3-1-4-8-17)29-26(31-27)18-9-5-2-6-10-18;1-22(2)23(3,4)27-25(26-22)17-12-13-19-18-10-6-7-11-20(18)24(21(19)16-17)14-8-5-9-15-24/h1-2,4-9,12-23,26-28H,3,10-11,24-25H2;1-16H;6-7,10-13,16H,5,8-9,14-15H2,1-4H3. The normalized spacial score (nSPS) is 16.0. The Kier molecular flexibility index (Phi) is 16.8. The third kappa shape index (κ3) is 11.9. The Labute approximate surface area is 634 Å². The van der Waals surface area contributed by atoms with E-state index in [2.05, 4.69) is 143 Å². The van der Waals surface area contributed by atoms with E-state index in [0.717, 1.165) is 82.7 Å². The SMILES string of the molecule is CC1(C)OB(c2ccc3c(c2)C2(CCCCC2)c2ccccc2-3)OC1(C)C.Clc1ccc2oc3ccc(-c4nc(-c5ccccc5)nc(-c5ccccc5)n4)cc3c2c1.c1ccc(-c2nc(-c3ccccc3)nc(-c3ccc4oc5ccc(-c6ccc7c(c6)C6(CCCCC6)c6ccccc6-7)cc5c4c3)n2)cc1. The fourth-order valence-corrected chi connectivity index (χ4v) is 17.7. The van der Waals surface area contributed by atoms with E-state index in [1.54, 1.807) is 0 Å². The predicted molar refractivity (Wildman–Crippen MR) is 438 cm³/mol. The molecule has 0 radical (unpaired) electrons. The van der Waals surface area contributed by atoms with Crippen molar-refractivity contribution in [2.24, 2.45) is 0 Å². The first-order valence-electron chi connectivity index (χ1n) is 38.0. The average molecular weight is 1430 g/mol. The molecule has 4 aliphatic carbocycles. The maximum Gasteiger partial charge on any atom is 0.494 e. The summed E-state index contributed by atoms with van der Waals surface area (Å²) in [5.41, 5.74) is 23.9. The van der Waals surface area contributed by atoms with Crippen molar-refractivity contribution in [1.29, 1.82) is 0 Å². The van der Waals surface area contributed by atoms with Crippen molar-refractivity contribution in [3.8, 4) is 102 Å². The Morgan fingerprint density at radius 2 is 0.593 bits per heavy atom. The van der Waals surface area contributed by atoms with Gasteiger partial charge in [0.05, 0.1) is 11.2 Å². The second-order valence-corrected chi connectivity index (χ2v) is 31.0. The molecule has 2 saturated carbocycles. The van der Waals surface area contributed by atoms with Crippen molar-refractivity contribution >= 4 is 68.1 Å². The monoisotopic (exact) mass is 1420 g/mol. The molecular weight excluding hydrogens is 1350 g/mol. The van der Waals surface area contributed by atoms with E-state index in [9.17, 15) is 0 Å². The highest BCUT2D eigenvalue weighted by molar-refractivity contribution is 6.62. The summed E-state index contributed by atoms with van der Waals surface area (Å²) in [6, 6.07) is 96.8. The first-order chi connectivity index (χ1) is 52.8. The van der Waals surface area contributed by atoms with Crippen LogP contribution < -0.4 is 5.46 Å². The molecule has 0 amide bonds. The molecule has 12 aromatic carbocycles. The number of rotatable bonds is 8. The van der Waals surface area contributed by atoms with E-state index in [1.165, 1.54) is 120 Å². The number of hydrogen-bond acceptors (Lipinski definition) is 10. The molecule has 0 atom stereocenters. The predicted octanol–water partition coefficient (Wildman–Crippen LogP) is 24.3. The molecular formula is C96H78BClN6O4. The topological polar surface area (TPSA) is 122 Å². The molecule has 1 saturated heterocycles.